The summed E-state index contributed by atoms with van der Waals surface area (Å²) < 4.78 is 12.2. The Labute approximate surface area is 184 Å². The van der Waals surface area contributed by atoms with Crippen LogP contribution >= 0.6 is 11.6 Å². The molecule has 0 saturated heterocycles. The van der Waals surface area contributed by atoms with E-state index < -0.39 is 5.97 Å². The number of aryl methyl sites for hydroxylation is 1. The number of ether oxygens (including phenoxy) is 2. The van der Waals surface area contributed by atoms with Gasteiger partial charge in [-0.25, -0.2) is 9.78 Å². The lowest BCUT2D eigenvalue weighted by molar-refractivity contribution is 0.0600. The van der Waals surface area contributed by atoms with Crippen LogP contribution in [0, 0.1) is 13.8 Å². The highest BCUT2D eigenvalue weighted by atomic mass is 35.5. The van der Waals surface area contributed by atoms with Gasteiger partial charge in [0, 0.05) is 11.3 Å². The van der Waals surface area contributed by atoms with Crippen molar-refractivity contribution >= 4 is 17.6 Å². The van der Waals surface area contributed by atoms with Crippen LogP contribution in [-0.4, -0.2) is 39.9 Å². The van der Waals surface area contributed by atoms with E-state index in [-0.39, 0.29) is 0 Å². The van der Waals surface area contributed by atoms with Crippen molar-refractivity contribution < 1.29 is 14.3 Å². The van der Waals surface area contributed by atoms with Crippen LogP contribution in [0.4, 0.5) is 0 Å². The van der Waals surface area contributed by atoms with Crippen molar-refractivity contribution in [2.75, 3.05) is 14.2 Å². The van der Waals surface area contributed by atoms with E-state index in [2.05, 4.69) is 15.2 Å². The molecule has 0 fully saturated rings. The van der Waals surface area contributed by atoms with E-state index in [0.29, 0.717) is 22.0 Å². The first-order chi connectivity index (χ1) is 14.9. The molecule has 0 aliphatic heterocycles. The number of hydrogen-bond acceptors (Lipinski definition) is 5. The summed E-state index contributed by atoms with van der Waals surface area (Å²) >= 11 is 6.44. The fraction of sp³-hybridized carbons (Fsp3) is 0.174. The summed E-state index contributed by atoms with van der Waals surface area (Å²) in [7, 11) is 2.89. The number of rotatable bonds is 5. The molecule has 0 aliphatic rings. The molecule has 0 radical (unpaired) electrons. The molecule has 0 aliphatic carbocycles. The Morgan fingerprint density at radius 2 is 1.94 bits per heavy atom. The van der Waals surface area contributed by atoms with Crippen LogP contribution in [0.25, 0.3) is 28.3 Å². The molecule has 0 atom stereocenters. The van der Waals surface area contributed by atoms with Crippen molar-refractivity contribution in [1.29, 1.82) is 0 Å². The van der Waals surface area contributed by atoms with Gasteiger partial charge in [0.05, 0.1) is 41.9 Å². The maximum absolute atomic E-state index is 11.8. The lowest BCUT2D eigenvalue weighted by atomic mass is 10.1. The van der Waals surface area contributed by atoms with Crippen LogP contribution in [0.3, 0.4) is 0 Å². The number of hydrogen-bond donors (Lipinski definition) is 1. The third-order valence-corrected chi connectivity index (χ3v) is 5.47. The number of benzene rings is 2. The minimum atomic E-state index is -0.427. The standard InChI is InChI=1S/C23H21ClN4O3/c1-13-6-5-7-17(24)22(13)28-12-25-21(14(28)2)19-11-18(26-27-19)16-9-8-15(23(29)31-4)10-20(16)30-3/h5-12H,1-4H3,(H,26,27). The quantitative estimate of drug-likeness (QED) is 0.445. The molecule has 2 aromatic heterocycles. The minimum absolute atomic E-state index is 0.406. The number of H-pyrrole nitrogens is 1. The van der Waals surface area contributed by atoms with Crippen LogP contribution < -0.4 is 4.74 Å². The largest absolute Gasteiger partial charge is 0.496 e. The normalized spacial score (nSPS) is 10.9. The van der Waals surface area contributed by atoms with E-state index in [0.717, 1.165) is 33.9 Å². The Balaban J connectivity index is 1.73. The van der Waals surface area contributed by atoms with E-state index in [1.165, 1.54) is 7.11 Å². The Morgan fingerprint density at radius 3 is 2.65 bits per heavy atom. The first kappa shape index (κ1) is 20.7. The van der Waals surface area contributed by atoms with E-state index in [4.69, 9.17) is 21.1 Å². The number of esters is 1. The Bertz CT molecular complexity index is 1260. The number of para-hydroxylation sites is 1. The molecule has 0 spiro atoms. The van der Waals surface area contributed by atoms with Crippen LogP contribution in [0.15, 0.2) is 48.8 Å². The lowest BCUT2D eigenvalue weighted by Crippen LogP contribution is -2.02. The summed E-state index contributed by atoms with van der Waals surface area (Å²) in [5.74, 6) is 0.0958. The van der Waals surface area contributed by atoms with Gasteiger partial charge < -0.3 is 14.0 Å². The van der Waals surface area contributed by atoms with Crippen LogP contribution in [-0.2, 0) is 4.74 Å². The van der Waals surface area contributed by atoms with Gasteiger partial charge in [-0.2, -0.15) is 5.10 Å². The molecular formula is C23H21ClN4O3. The minimum Gasteiger partial charge on any atom is -0.496 e. The number of halogens is 1. The number of methoxy groups -OCH3 is 2. The van der Waals surface area contributed by atoms with Gasteiger partial charge in [-0.05, 0) is 49.7 Å². The zero-order chi connectivity index (χ0) is 22.1. The molecule has 2 heterocycles. The summed E-state index contributed by atoms with van der Waals surface area (Å²) in [5, 5.41) is 8.14. The van der Waals surface area contributed by atoms with Crippen molar-refractivity contribution in [3.8, 4) is 34.1 Å². The first-order valence-corrected chi connectivity index (χ1v) is 9.94. The van der Waals surface area contributed by atoms with Gasteiger partial charge in [-0.15, -0.1) is 0 Å². The molecule has 31 heavy (non-hydrogen) atoms. The number of nitrogens with zero attached hydrogens (tertiary/aromatic N) is 3. The second kappa shape index (κ2) is 8.28. The Hall–Kier alpha value is -3.58. The van der Waals surface area contributed by atoms with Gasteiger partial charge in [-0.3, -0.25) is 5.10 Å². The zero-order valence-electron chi connectivity index (χ0n) is 17.6. The van der Waals surface area contributed by atoms with Crippen molar-refractivity contribution in [2.24, 2.45) is 0 Å². The molecule has 0 amide bonds. The molecule has 4 aromatic rings. The molecule has 8 heteroatoms. The summed E-state index contributed by atoms with van der Waals surface area (Å²) in [5.41, 5.74) is 6.24. The molecule has 0 saturated carbocycles. The second-order valence-corrected chi connectivity index (χ2v) is 7.43. The van der Waals surface area contributed by atoms with Gasteiger partial charge in [0.2, 0.25) is 0 Å². The lowest BCUT2D eigenvalue weighted by Gasteiger charge is -2.11. The first-order valence-electron chi connectivity index (χ1n) is 9.56. The highest BCUT2D eigenvalue weighted by molar-refractivity contribution is 6.32. The maximum Gasteiger partial charge on any atom is 0.337 e. The second-order valence-electron chi connectivity index (χ2n) is 7.03. The summed E-state index contributed by atoms with van der Waals surface area (Å²) in [4.78, 5) is 16.4. The van der Waals surface area contributed by atoms with E-state index in [1.807, 2.05) is 42.7 Å². The topological polar surface area (TPSA) is 82.0 Å². The molecule has 158 valence electrons. The Morgan fingerprint density at radius 1 is 1.13 bits per heavy atom. The van der Waals surface area contributed by atoms with Gasteiger partial charge in [0.1, 0.15) is 17.8 Å². The number of aromatic amines is 1. The van der Waals surface area contributed by atoms with E-state index >= 15 is 0 Å². The van der Waals surface area contributed by atoms with Crippen molar-refractivity contribution in [2.45, 2.75) is 13.8 Å². The monoisotopic (exact) mass is 436 g/mol. The number of carbonyl (C=O) groups excluding carboxylic acids is 1. The molecule has 1 N–H and O–H groups in total. The van der Waals surface area contributed by atoms with Gasteiger partial charge in [0.25, 0.3) is 0 Å². The fourth-order valence-electron chi connectivity index (χ4n) is 3.56. The van der Waals surface area contributed by atoms with Crippen LogP contribution in [0.5, 0.6) is 5.75 Å². The molecule has 2 aromatic carbocycles. The highest BCUT2D eigenvalue weighted by Crippen LogP contribution is 2.33. The number of nitrogens with one attached hydrogen (secondary N) is 1. The smallest absolute Gasteiger partial charge is 0.337 e. The molecular weight excluding hydrogens is 416 g/mol. The molecule has 7 nitrogen and oxygen atoms in total. The summed E-state index contributed by atoms with van der Waals surface area (Å²) in [6.07, 6.45) is 1.76. The summed E-state index contributed by atoms with van der Waals surface area (Å²) in [6.45, 7) is 4.00. The SMILES string of the molecule is COC(=O)c1ccc(-c2cc(-c3ncn(-c4c(C)cccc4Cl)c3C)[nH]n2)c(OC)c1. The number of carbonyl (C=O) groups is 1. The maximum atomic E-state index is 11.8. The fourth-order valence-corrected chi connectivity index (χ4v) is 3.87. The number of aromatic nitrogens is 4. The van der Waals surface area contributed by atoms with Gasteiger partial charge in [-0.1, -0.05) is 23.7 Å². The summed E-state index contributed by atoms with van der Waals surface area (Å²) in [6, 6.07) is 12.8. The van der Waals surface area contributed by atoms with Crippen molar-refractivity contribution in [3.05, 3.63) is 70.6 Å². The van der Waals surface area contributed by atoms with Gasteiger partial charge in [0.15, 0.2) is 0 Å². The number of imidazole rings is 1. The predicted octanol–water partition coefficient (Wildman–Crippen LogP) is 4.99. The third kappa shape index (κ3) is 3.68. The van der Waals surface area contributed by atoms with E-state index in [1.54, 1.807) is 31.6 Å². The predicted molar refractivity (Wildman–Crippen MR) is 119 cm³/mol. The zero-order valence-corrected chi connectivity index (χ0v) is 18.3. The van der Waals surface area contributed by atoms with Crippen molar-refractivity contribution in [3.63, 3.8) is 0 Å². The molecule has 0 unspecified atom stereocenters. The highest BCUT2D eigenvalue weighted by Gasteiger charge is 2.18. The van der Waals surface area contributed by atoms with Crippen LogP contribution in [0.2, 0.25) is 5.02 Å². The average molecular weight is 437 g/mol. The third-order valence-electron chi connectivity index (χ3n) is 5.17. The molecule has 4 rings (SSSR count). The van der Waals surface area contributed by atoms with E-state index in [9.17, 15) is 4.79 Å². The van der Waals surface area contributed by atoms with Gasteiger partial charge >= 0.3 is 5.97 Å². The Kier molecular flexibility index (Phi) is 5.52. The van der Waals surface area contributed by atoms with Crippen molar-refractivity contribution in [1.82, 2.24) is 19.7 Å². The average Bonchev–Trinajstić information content (AvgIpc) is 3.40. The van der Waals surface area contributed by atoms with Crippen LogP contribution in [0.1, 0.15) is 21.6 Å². The molecule has 0 bridgehead atoms.